The van der Waals surface area contributed by atoms with Gasteiger partial charge in [0.2, 0.25) is 0 Å². The van der Waals surface area contributed by atoms with Crippen LogP contribution in [0.15, 0.2) is 36.5 Å². The number of carbonyl (C=O) groups excluding carboxylic acids is 1. The van der Waals surface area contributed by atoms with Gasteiger partial charge in [0, 0.05) is 11.2 Å². The SMILES string of the molecule is CC[C@H](C)[C@H](NC(=O)c1ccn(-c2cccc(Cl)c2)n1)C(=O)O. The zero-order valence-corrected chi connectivity index (χ0v) is 13.6. The van der Waals surface area contributed by atoms with Gasteiger partial charge in [-0.1, -0.05) is 37.9 Å². The van der Waals surface area contributed by atoms with E-state index in [2.05, 4.69) is 10.4 Å². The van der Waals surface area contributed by atoms with E-state index in [0.717, 1.165) is 0 Å². The average Bonchev–Trinajstić information content (AvgIpc) is 3.01. The first-order valence-electron chi connectivity index (χ1n) is 7.27. The highest BCUT2D eigenvalue weighted by atomic mass is 35.5. The van der Waals surface area contributed by atoms with Crippen molar-refractivity contribution in [1.29, 1.82) is 0 Å². The van der Waals surface area contributed by atoms with Crippen LogP contribution in [0.1, 0.15) is 30.8 Å². The first-order chi connectivity index (χ1) is 10.9. The summed E-state index contributed by atoms with van der Waals surface area (Å²) in [5, 5.41) is 16.5. The Labute approximate surface area is 139 Å². The van der Waals surface area contributed by atoms with Crippen LogP contribution in [-0.2, 0) is 4.79 Å². The molecule has 0 aliphatic heterocycles. The van der Waals surface area contributed by atoms with E-state index in [1.54, 1.807) is 37.4 Å². The molecule has 1 heterocycles. The molecule has 1 aromatic heterocycles. The van der Waals surface area contributed by atoms with Crippen molar-refractivity contribution < 1.29 is 14.7 Å². The second-order valence-corrected chi connectivity index (χ2v) is 5.74. The number of aliphatic carboxylic acids is 1. The predicted octanol–water partition coefficient (Wildman–Crippen LogP) is 2.75. The summed E-state index contributed by atoms with van der Waals surface area (Å²) in [6, 6.07) is 7.64. The molecular weight excluding hydrogens is 318 g/mol. The van der Waals surface area contributed by atoms with Gasteiger partial charge in [0.25, 0.3) is 5.91 Å². The Bertz CT molecular complexity index is 714. The second-order valence-electron chi connectivity index (χ2n) is 5.30. The Kier molecular flexibility index (Phi) is 5.39. The molecule has 0 aliphatic carbocycles. The average molecular weight is 336 g/mol. The van der Waals surface area contributed by atoms with Gasteiger partial charge < -0.3 is 10.4 Å². The molecule has 2 aromatic rings. The molecule has 6 nitrogen and oxygen atoms in total. The van der Waals surface area contributed by atoms with Gasteiger partial charge in [-0.3, -0.25) is 4.79 Å². The molecule has 7 heteroatoms. The highest BCUT2D eigenvalue weighted by Crippen LogP contribution is 2.15. The number of carboxylic acids is 1. The minimum atomic E-state index is -1.05. The second kappa shape index (κ2) is 7.28. The van der Waals surface area contributed by atoms with Crippen molar-refractivity contribution in [2.45, 2.75) is 26.3 Å². The summed E-state index contributed by atoms with van der Waals surface area (Å²) in [6.45, 7) is 3.66. The van der Waals surface area contributed by atoms with E-state index in [1.165, 1.54) is 10.7 Å². The molecule has 2 atom stereocenters. The van der Waals surface area contributed by atoms with Crippen molar-refractivity contribution in [3.05, 3.63) is 47.2 Å². The highest BCUT2D eigenvalue weighted by Gasteiger charge is 2.26. The molecule has 0 bridgehead atoms. The summed E-state index contributed by atoms with van der Waals surface area (Å²) in [6.07, 6.45) is 2.27. The summed E-state index contributed by atoms with van der Waals surface area (Å²) in [7, 11) is 0. The van der Waals surface area contributed by atoms with Crippen LogP contribution < -0.4 is 5.32 Å². The van der Waals surface area contributed by atoms with Crippen molar-refractivity contribution in [1.82, 2.24) is 15.1 Å². The number of nitrogens with one attached hydrogen (secondary N) is 1. The van der Waals surface area contributed by atoms with E-state index in [-0.39, 0.29) is 11.6 Å². The molecule has 2 rings (SSSR count). The minimum Gasteiger partial charge on any atom is -0.480 e. The van der Waals surface area contributed by atoms with Crippen LogP contribution in [0.4, 0.5) is 0 Å². The number of amides is 1. The predicted molar refractivity (Wildman–Crippen MR) is 86.9 cm³/mol. The molecule has 0 saturated heterocycles. The Morgan fingerprint density at radius 3 is 2.74 bits per heavy atom. The third-order valence-corrected chi connectivity index (χ3v) is 3.90. The van der Waals surface area contributed by atoms with Crippen LogP contribution in [-0.4, -0.2) is 32.8 Å². The maximum Gasteiger partial charge on any atom is 0.326 e. The largest absolute Gasteiger partial charge is 0.480 e. The van der Waals surface area contributed by atoms with Crippen LogP contribution in [0, 0.1) is 5.92 Å². The van der Waals surface area contributed by atoms with Crippen molar-refractivity contribution in [2.75, 3.05) is 0 Å². The number of rotatable bonds is 6. The fourth-order valence-corrected chi connectivity index (χ4v) is 2.29. The van der Waals surface area contributed by atoms with Crippen molar-refractivity contribution in [2.24, 2.45) is 5.92 Å². The fourth-order valence-electron chi connectivity index (χ4n) is 2.11. The normalized spacial score (nSPS) is 13.3. The lowest BCUT2D eigenvalue weighted by atomic mass is 9.99. The lowest BCUT2D eigenvalue weighted by Gasteiger charge is -2.19. The maximum atomic E-state index is 12.2. The van der Waals surface area contributed by atoms with E-state index >= 15 is 0 Å². The highest BCUT2D eigenvalue weighted by molar-refractivity contribution is 6.30. The molecule has 0 aliphatic rings. The topological polar surface area (TPSA) is 84.2 Å². The zero-order chi connectivity index (χ0) is 17.0. The number of halogens is 1. The molecular formula is C16H18ClN3O3. The van der Waals surface area contributed by atoms with Crippen LogP contribution >= 0.6 is 11.6 Å². The van der Waals surface area contributed by atoms with Crippen LogP contribution in [0.2, 0.25) is 5.02 Å². The van der Waals surface area contributed by atoms with Crippen molar-refractivity contribution in [3.63, 3.8) is 0 Å². The molecule has 0 saturated carbocycles. The van der Waals surface area contributed by atoms with E-state index in [0.29, 0.717) is 17.1 Å². The Hall–Kier alpha value is -2.34. The Balaban J connectivity index is 2.16. The first kappa shape index (κ1) is 17.0. The third-order valence-electron chi connectivity index (χ3n) is 3.66. The summed E-state index contributed by atoms with van der Waals surface area (Å²) in [5.74, 6) is -1.74. The molecule has 1 aromatic carbocycles. The number of carboxylic acid groups (broad SMARTS) is 1. The summed E-state index contributed by atoms with van der Waals surface area (Å²) >= 11 is 5.93. The molecule has 0 fully saturated rings. The number of aromatic nitrogens is 2. The van der Waals surface area contributed by atoms with Crippen LogP contribution in [0.3, 0.4) is 0 Å². The van der Waals surface area contributed by atoms with E-state index in [4.69, 9.17) is 11.6 Å². The van der Waals surface area contributed by atoms with E-state index in [9.17, 15) is 14.7 Å². The zero-order valence-electron chi connectivity index (χ0n) is 12.9. The summed E-state index contributed by atoms with van der Waals surface area (Å²) in [4.78, 5) is 23.5. The molecule has 2 N–H and O–H groups in total. The van der Waals surface area contributed by atoms with Gasteiger partial charge in [-0.2, -0.15) is 5.10 Å². The van der Waals surface area contributed by atoms with Gasteiger partial charge in [-0.25, -0.2) is 9.48 Å². The number of nitrogens with zero attached hydrogens (tertiary/aromatic N) is 2. The lowest BCUT2D eigenvalue weighted by Crippen LogP contribution is -2.45. The molecule has 0 spiro atoms. The number of benzene rings is 1. The maximum absolute atomic E-state index is 12.2. The van der Waals surface area contributed by atoms with E-state index < -0.39 is 17.9 Å². The first-order valence-corrected chi connectivity index (χ1v) is 7.65. The van der Waals surface area contributed by atoms with E-state index in [1.807, 2.05) is 6.92 Å². The minimum absolute atomic E-state index is 0.152. The Morgan fingerprint density at radius 2 is 2.13 bits per heavy atom. The third kappa shape index (κ3) is 4.10. The number of carbonyl (C=O) groups is 2. The monoisotopic (exact) mass is 335 g/mol. The molecule has 122 valence electrons. The van der Waals surface area contributed by atoms with Crippen molar-refractivity contribution >= 4 is 23.5 Å². The summed E-state index contributed by atoms with van der Waals surface area (Å²) < 4.78 is 1.51. The molecule has 0 unspecified atom stereocenters. The van der Waals surface area contributed by atoms with Crippen LogP contribution in [0.25, 0.3) is 5.69 Å². The molecule has 23 heavy (non-hydrogen) atoms. The van der Waals surface area contributed by atoms with Gasteiger partial charge >= 0.3 is 5.97 Å². The van der Waals surface area contributed by atoms with Gasteiger partial charge in [0.05, 0.1) is 5.69 Å². The fraction of sp³-hybridized carbons (Fsp3) is 0.312. The lowest BCUT2D eigenvalue weighted by molar-refractivity contribution is -0.140. The van der Waals surface area contributed by atoms with Crippen molar-refractivity contribution in [3.8, 4) is 5.69 Å². The van der Waals surface area contributed by atoms with Gasteiger partial charge in [-0.05, 0) is 30.2 Å². The van der Waals surface area contributed by atoms with Gasteiger partial charge in [0.15, 0.2) is 5.69 Å². The molecule has 0 radical (unpaired) electrons. The number of hydrogen-bond donors (Lipinski definition) is 2. The smallest absolute Gasteiger partial charge is 0.326 e. The van der Waals surface area contributed by atoms with Gasteiger partial charge in [0.1, 0.15) is 6.04 Å². The molecule has 1 amide bonds. The number of hydrogen-bond acceptors (Lipinski definition) is 3. The Morgan fingerprint density at radius 1 is 1.39 bits per heavy atom. The standard InChI is InChI=1S/C16H18ClN3O3/c1-3-10(2)14(16(22)23)18-15(21)13-7-8-20(19-13)12-6-4-5-11(17)9-12/h4-10,14H,3H2,1-2H3,(H,18,21)(H,22,23)/t10-,14-/m0/s1. The van der Waals surface area contributed by atoms with Crippen LogP contribution in [0.5, 0.6) is 0 Å². The quantitative estimate of drug-likeness (QED) is 0.850. The summed E-state index contributed by atoms with van der Waals surface area (Å²) in [5.41, 5.74) is 0.868. The van der Waals surface area contributed by atoms with Gasteiger partial charge in [-0.15, -0.1) is 0 Å².